The number of aromatic nitrogens is 3. The number of hydrogen-bond acceptors (Lipinski definition) is 3. The molecule has 0 aromatic carbocycles. The quantitative estimate of drug-likeness (QED) is 0.680. The summed E-state index contributed by atoms with van der Waals surface area (Å²) < 4.78 is 1.70. The number of aryl methyl sites for hydroxylation is 1. The third-order valence-electron chi connectivity index (χ3n) is 3.53. The van der Waals surface area contributed by atoms with Gasteiger partial charge in [-0.15, -0.1) is 0 Å². The van der Waals surface area contributed by atoms with Crippen LogP contribution in [0.3, 0.4) is 0 Å². The van der Waals surface area contributed by atoms with E-state index in [1.807, 2.05) is 7.05 Å². The van der Waals surface area contributed by atoms with Crippen molar-refractivity contribution in [1.29, 1.82) is 0 Å². The summed E-state index contributed by atoms with van der Waals surface area (Å²) in [5, 5.41) is 14.4. The number of nitrogens with zero attached hydrogens (tertiary/aromatic N) is 3. The third kappa shape index (κ3) is 0.839. The summed E-state index contributed by atoms with van der Waals surface area (Å²) in [7, 11) is 1.84. The summed E-state index contributed by atoms with van der Waals surface area (Å²) >= 11 is 0. The van der Waals surface area contributed by atoms with Gasteiger partial charge in [0.05, 0.1) is 0 Å². The lowest BCUT2D eigenvalue weighted by Crippen LogP contribution is -2.29. The van der Waals surface area contributed by atoms with E-state index in [0.717, 1.165) is 24.6 Å². The lowest BCUT2D eigenvalue weighted by atomic mass is 9.97. The molecule has 70 valence electrons. The molecular formula is C9H13N3O. The van der Waals surface area contributed by atoms with Crippen LogP contribution in [0.4, 0.5) is 0 Å². The van der Waals surface area contributed by atoms with Crippen molar-refractivity contribution in [3.8, 4) is 0 Å². The highest BCUT2D eigenvalue weighted by molar-refractivity contribution is 5.15. The van der Waals surface area contributed by atoms with E-state index in [4.69, 9.17) is 0 Å². The maximum Gasteiger partial charge on any atom is 0.158 e. The van der Waals surface area contributed by atoms with E-state index in [0.29, 0.717) is 5.92 Å². The van der Waals surface area contributed by atoms with Gasteiger partial charge in [-0.1, -0.05) is 0 Å². The first-order chi connectivity index (χ1) is 6.22. The Morgan fingerprint density at radius 2 is 2.54 bits per heavy atom. The lowest BCUT2D eigenvalue weighted by molar-refractivity contribution is 0.00830. The van der Waals surface area contributed by atoms with Gasteiger partial charge in [0, 0.05) is 7.05 Å². The number of fused-ring (bicyclic) bond motifs is 1. The van der Waals surface area contributed by atoms with Crippen molar-refractivity contribution in [2.75, 3.05) is 0 Å². The molecule has 0 saturated heterocycles. The molecule has 1 heterocycles. The molecule has 2 fully saturated rings. The monoisotopic (exact) mass is 179 g/mol. The Kier molecular flexibility index (Phi) is 1.22. The summed E-state index contributed by atoms with van der Waals surface area (Å²) in [5.41, 5.74) is -0.671. The van der Waals surface area contributed by atoms with Gasteiger partial charge in [0.25, 0.3) is 0 Å². The summed E-state index contributed by atoms with van der Waals surface area (Å²) in [5.74, 6) is 1.95. The zero-order chi connectivity index (χ0) is 9.05. The molecule has 3 atom stereocenters. The Morgan fingerprint density at radius 3 is 3.00 bits per heavy atom. The second kappa shape index (κ2) is 2.12. The topological polar surface area (TPSA) is 50.9 Å². The van der Waals surface area contributed by atoms with Crippen molar-refractivity contribution in [1.82, 2.24) is 14.8 Å². The second-order valence-electron chi connectivity index (χ2n) is 4.27. The van der Waals surface area contributed by atoms with Gasteiger partial charge in [0.15, 0.2) is 5.82 Å². The Balaban J connectivity index is 2.04. The van der Waals surface area contributed by atoms with Gasteiger partial charge in [0.2, 0.25) is 0 Å². The largest absolute Gasteiger partial charge is 0.382 e. The van der Waals surface area contributed by atoms with E-state index >= 15 is 0 Å². The van der Waals surface area contributed by atoms with E-state index < -0.39 is 5.60 Å². The predicted molar refractivity (Wildman–Crippen MR) is 45.7 cm³/mol. The zero-order valence-corrected chi connectivity index (χ0v) is 7.64. The van der Waals surface area contributed by atoms with E-state index in [1.165, 1.54) is 12.7 Å². The average Bonchev–Trinajstić information content (AvgIpc) is 2.67. The Labute approximate surface area is 76.6 Å². The molecule has 4 heteroatoms. The van der Waals surface area contributed by atoms with Gasteiger partial charge < -0.3 is 5.11 Å². The van der Waals surface area contributed by atoms with Gasteiger partial charge in [-0.2, -0.15) is 5.10 Å². The van der Waals surface area contributed by atoms with Gasteiger partial charge in [-0.25, -0.2) is 4.98 Å². The van der Waals surface area contributed by atoms with Crippen LogP contribution < -0.4 is 0 Å². The minimum Gasteiger partial charge on any atom is -0.382 e. The van der Waals surface area contributed by atoms with Crippen LogP contribution in [0.2, 0.25) is 0 Å². The lowest BCUT2D eigenvalue weighted by Gasteiger charge is -2.22. The molecule has 2 aliphatic carbocycles. The molecular weight excluding hydrogens is 166 g/mol. The number of rotatable bonds is 1. The van der Waals surface area contributed by atoms with Crippen molar-refractivity contribution >= 4 is 0 Å². The van der Waals surface area contributed by atoms with Gasteiger partial charge >= 0.3 is 0 Å². The second-order valence-corrected chi connectivity index (χ2v) is 4.27. The highest BCUT2D eigenvalue weighted by Gasteiger charge is 2.59. The van der Waals surface area contributed by atoms with Crippen LogP contribution in [0.5, 0.6) is 0 Å². The highest BCUT2D eigenvalue weighted by atomic mass is 16.3. The minimum absolute atomic E-state index is 0.454. The zero-order valence-electron chi connectivity index (χ0n) is 7.64. The maximum absolute atomic E-state index is 10.4. The first-order valence-corrected chi connectivity index (χ1v) is 4.78. The van der Waals surface area contributed by atoms with Crippen LogP contribution in [0.1, 0.15) is 25.1 Å². The van der Waals surface area contributed by atoms with Crippen LogP contribution in [-0.2, 0) is 12.6 Å². The fourth-order valence-electron chi connectivity index (χ4n) is 2.71. The van der Waals surface area contributed by atoms with E-state index in [2.05, 4.69) is 10.1 Å². The summed E-state index contributed by atoms with van der Waals surface area (Å²) in [6.07, 6.45) is 4.69. The molecule has 2 aliphatic rings. The predicted octanol–water partition coefficient (Wildman–Crippen LogP) is 0.433. The van der Waals surface area contributed by atoms with Gasteiger partial charge in [-0.3, -0.25) is 4.68 Å². The normalized spacial score (nSPS) is 42.0. The van der Waals surface area contributed by atoms with Crippen molar-refractivity contribution in [2.45, 2.75) is 24.9 Å². The molecule has 3 rings (SSSR count). The first kappa shape index (κ1) is 7.50. The Bertz CT molecular complexity index is 348. The molecule has 3 unspecified atom stereocenters. The maximum atomic E-state index is 10.4. The summed E-state index contributed by atoms with van der Waals surface area (Å²) in [4.78, 5) is 4.15. The number of hydrogen-bond donors (Lipinski definition) is 1. The van der Waals surface area contributed by atoms with Crippen molar-refractivity contribution in [3.05, 3.63) is 12.2 Å². The van der Waals surface area contributed by atoms with E-state index in [9.17, 15) is 5.11 Å². The smallest absolute Gasteiger partial charge is 0.158 e. The third-order valence-corrected chi connectivity index (χ3v) is 3.53. The van der Waals surface area contributed by atoms with Crippen molar-refractivity contribution < 1.29 is 5.11 Å². The molecule has 0 spiro atoms. The Morgan fingerprint density at radius 1 is 1.69 bits per heavy atom. The molecule has 1 aromatic rings. The standard InChI is InChI=1S/C9H13N3O/c1-12-8(10-5-11-12)9(13)3-2-6-4-7(6)9/h5-7,13H,2-4H2,1H3. The fourth-order valence-corrected chi connectivity index (χ4v) is 2.71. The van der Waals surface area contributed by atoms with E-state index in [-0.39, 0.29) is 0 Å². The summed E-state index contributed by atoms with van der Waals surface area (Å²) in [6.45, 7) is 0. The van der Waals surface area contributed by atoms with Gasteiger partial charge in [-0.05, 0) is 31.1 Å². The van der Waals surface area contributed by atoms with Crippen LogP contribution in [0, 0.1) is 11.8 Å². The molecule has 4 nitrogen and oxygen atoms in total. The van der Waals surface area contributed by atoms with Crippen molar-refractivity contribution in [3.63, 3.8) is 0 Å². The minimum atomic E-state index is -0.671. The molecule has 0 bridgehead atoms. The molecule has 1 aromatic heterocycles. The molecule has 1 N–H and O–H groups in total. The first-order valence-electron chi connectivity index (χ1n) is 4.78. The summed E-state index contributed by atoms with van der Waals surface area (Å²) in [6, 6.07) is 0. The van der Waals surface area contributed by atoms with Crippen LogP contribution >= 0.6 is 0 Å². The fraction of sp³-hybridized carbons (Fsp3) is 0.778. The number of aliphatic hydroxyl groups is 1. The van der Waals surface area contributed by atoms with Crippen LogP contribution in [0.15, 0.2) is 6.33 Å². The van der Waals surface area contributed by atoms with Crippen LogP contribution in [-0.4, -0.2) is 19.9 Å². The average molecular weight is 179 g/mol. The van der Waals surface area contributed by atoms with Gasteiger partial charge in [0.1, 0.15) is 11.9 Å². The molecule has 0 radical (unpaired) electrons. The molecule has 2 saturated carbocycles. The van der Waals surface area contributed by atoms with E-state index in [1.54, 1.807) is 4.68 Å². The molecule has 0 aliphatic heterocycles. The Hall–Kier alpha value is -0.900. The van der Waals surface area contributed by atoms with Crippen molar-refractivity contribution in [2.24, 2.45) is 18.9 Å². The molecule has 0 amide bonds. The molecule has 13 heavy (non-hydrogen) atoms. The SMILES string of the molecule is Cn1ncnc1C1(O)CCC2CC21. The highest BCUT2D eigenvalue weighted by Crippen LogP contribution is 2.61. The van der Waals surface area contributed by atoms with Crippen LogP contribution in [0.25, 0.3) is 0 Å².